The maximum absolute atomic E-state index is 12.8. The van der Waals surface area contributed by atoms with Gasteiger partial charge in [-0.05, 0) is 43.4 Å². The van der Waals surface area contributed by atoms with Gasteiger partial charge in [0.25, 0.3) is 0 Å². The van der Waals surface area contributed by atoms with Crippen LogP contribution in [0.15, 0.2) is 24.3 Å². The van der Waals surface area contributed by atoms with E-state index in [1.54, 1.807) is 0 Å². The maximum Gasteiger partial charge on any atom is 0.231 e. The van der Waals surface area contributed by atoms with Crippen LogP contribution in [0.25, 0.3) is 11.3 Å². The van der Waals surface area contributed by atoms with Gasteiger partial charge in [0.15, 0.2) is 17.3 Å². The Balaban J connectivity index is 1.20. The number of anilines is 1. The molecular weight excluding hydrogens is 380 g/mol. The quantitative estimate of drug-likeness (QED) is 0.830. The lowest BCUT2D eigenvalue weighted by molar-refractivity contribution is -0.132. The summed E-state index contributed by atoms with van der Waals surface area (Å²) in [6, 6.07) is 8.00. The van der Waals surface area contributed by atoms with Crippen LogP contribution in [0.5, 0.6) is 11.5 Å². The highest BCUT2D eigenvalue weighted by atomic mass is 16.7. The highest BCUT2D eigenvalue weighted by molar-refractivity contribution is 5.76. The molecule has 160 valence electrons. The molecule has 1 N–H and O–H groups in total. The van der Waals surface area contributed by atoms with Crippen LogP contribution in [-0.2, 0) is 4.79 Å². The molecule has 0 radical (unpaired) electrons. The summed E-state index contributed by atoms with van der Waals surface area (Å²) in [5.74, 6) is 3.42. The largest absolute Gasteiger partial charge is 0.454 e. The van der Waals surface area contributed by atoms with E-state index in [1.807, 2.05) is 18.2 Å². The van der Waals surface area contributed by atoms with Crippen LogP contribution in [0.4, 0.5) is 5.82 Å². The highest BCUT2D eigenvalue weighted by Gasteiger charge is 2.24. The molecule has 0 spiro atoms. The number of ether oxygens (including phenoxy) is 2. The van der Waals surface area contributed by atoms with Crippen molar-refractivity contribution >= 4 is 11.7 Å². The molecule has 0 atom stereocenters. The molecule has 1 aliphatic carbocycles. The topological polar surface area (TPSA) is 70.7 Å². The summed E-state index contributed by atoms with van der Waals surface area (Å²) in [6.07, 6.45) is 8.07. The molecule has 1 saturated carbocycles. The van der Waals surface area contributed by atoms with Gasteiger partial charge in [-0.3, -0.25) is 9.89 Å². The number of aromatic amines is 1. The van der Waals surface area contributed by atoms with Crippen molar-refractivity contribution in [1.82, 2.24) is 15.1 Å². The normalized spacial score (nSPS) is 19.7. The third kappa shape index (κ3) is 4.11. The van der Waals surface area contributed by atoms with Crippen LogP contribution in [0.1, 0.15) is 44.9 Å². The van der Waals surface area contributed by atoms with Gasteiger partial charge in [0.05, 0.1) is 5.69 Å². The number of nitrogens with one attached hydrogen (secondary N) is 1. The molecular formula is C23H30N4O3. The number of hydrogen-bond donors (Lipinski definition) is 1. The molecule has 1 amide bonds. The number of benzene rings is 1. The Kier molecular flexibility index (Phi) is 5.51. The summed E-state index contributed by atoms with van der Waals surface area (Å²) in [5, 5.41) is 7.69. The van der Waals surface area contributed by atoms with Crippen molar-refractivity contribution in [2.75, 3.05) is 37.9 Å². The summed E-state index contributed by atoms with van der Waals surface area (Å²) >= 11 is 0. The zero-order valence-corrected chi connectivity index (χ0v) is 17.4. The minimum Gasteiger partial charge on any atom is -0.454 e. The Morgan fingerprint density at radius 2 is 1.87 bits per heavy atom. The summed E-state index contributed by atoms with van der Waals surface area (Å²) in [7, 11) is 0. The number of fused-ring (bicyclic) bond motifs is 1. The summed E-state index contributed by atoms with van der Waals surface area (Å²) in [5.41, 5.74) is 1.98. The lowest BCUT2D eigenvalue weighted by Gasteiger charge is -2.26. The first-order valence-corrected chi connectivity index (χ1v) is 11.2. The minimum absolute atomic E-state index is 0.275. The molecule has 2 aromatic rings. The predicted octanol–water partition coefficient (Wildman–Crippen LogP) is 3.81. The van der Waals surface area contributed by atoms with Gasteiger partial charge in [-0.1, -0.05) is 19.3 Å². The van der Waals surface area contributed by atoms with E-state index in [2.05, 4.69) is 26.1 Å². The van der Waals surface area contributed by atoms with E-state index in [0.717, 1.165) is 67.6 Å². The molecule has 5 rings (SSSR count). The monoisotopic (exact) mass is 410 g/mol. The Morgan fingerprint density at radius 1 is 1.00 bits per heavy atom. The molecule has 0 bridgehead atoms. The van der Waals surface area contributed by atoms with Crippen molar-refractivity contribution in [3.05, 3.63) is 24.3 Å². The first-order chi connectivity index (χ1) is 14.8. The lowest BCUT2D eigenvalue weighted by atomic mass is 9.86. The SMILES string of the molecule is O=C(CC1CCCCC1)N1CCCN(c2cc(-c3ccc4c(c3)OCO4)[nH]n2)CC1. The van der Waals surface area contributed by atoms with Gasteiger partial charge in [-0.25, -0.2) is 0 Å². The van der Waals surface area contributed by atoms with Gasteiger partial charge in [-0.15, -0.1) is 0 Å². The minimum atomic E-state index is 0.275. The Morgan fingerprint density at radius 3 is 2.77 bits per heavy atom. The van der Waals surface area contributed by atoms with E-state index in [9.17, 15) is 4.79 Å². The van der Waals surface area contributed by atoms with Crippen molar-refractivity contribution < 1.29 is 14.3 Å². The second kappa shape index (κ2) is 8.58. The fourth-order valence-electron chi connectivity index (χ4n) is 4.85. The number of nitrogens with zero attached hydrogens (tertiary/aromatic N) is 3. The Hall–Kier alpha value is -2.70. The van der Waals surface area contributed by atoms with Gasteiger partial charge < -0.3 is 19.3 Å². The Labute approximate surface area is 177 Å². The standard InChI is InChI=1S/C23H30N4O3/c28-23(13-17-5-2-1-3-6-17)27-10-4-9-26(11-12-27)22-15-19(24-25-22)18-7-8-20-21(14-18)30-16-29-20/h7-8,14-15,17H,1-6,9-13,16H2,(H,24,25). The number of carbonyl (C=O) groups excluding carboxylic acids is 1. The molecule has 1 saturated heterocycles. The van der Waals surface area contributed by atoms with Crippen molar-refractivity contribution in [3.8, 4) is 22.8 Å². The number of carbonyl (C=O) groups is 1. The molecule has 2 fully saturated rings. The van der Waals surface area contributed by atoms with E-state index in [0.29, 0.717) is 11.8 Å². The predicted molar refractivity (Wildman–Crippen MR) is 115 cm³/mol. The first-order valence-electron chi connectivity index (χ1n) is 11.2. The fraction of sp³-hybridized carbons (Fsp3) is 0.565. The maximum atomic E-state index is 12.8. The average Bonchev–Trinajstić information content (AvgIpc) is 3.38. The molecule has 3 heterocycles. The molecule has 30 heavy (non-hydrogen) atoms. The van der Waals surface area contributed by atoms with Crippen molar-refractivity contribution in [2.45, 2.75) is 44.9 Å². The lowest BCUT2D eigenvalue weighted by Crippen LogP contribution is -2.36. The summed E-state index contributed by atoms with van der Waals surface area (Å²) in [4.78, 5) is 17.2. The number of aromatic nitrogens is 2. The van der Waals surface area contributed by atoms with E-state index in [1.165, 1.54) is 32.1 Å². The Bertz CT molecular complexity index is 890. The van der Waals surface area contributed by atoms with Crippen LogP contribution in [0.2, 0.25) is 0 Å². The molecule has 1 aromatic carbocycles. The van der Waals surface area contributed by atoms with E-state index in [-0.39, 0.29) is 6.79 Å². The highest BCUT2D eigenvalue weighted by Crippen LogP contribution is 2.36. The van der Waals surface area contributed by atoms with Crippen LogP contribution < -0.4 is 14.4 Å². The van der Waals surface area contributed by atoms with Gasteiger partial charge in [0.2, 0.25) is 12.7 Å². The number of rotatable bonds is 4. The van der Waals surface area contributed by atoms with Gasteiger partial charge >= 0.3 is 0 Å². The average molecular weight is 411 g/mol. The number of H-pyrrole nitrogens is 1. The zero-order valence-electron chi connectivity index (χ0n) is 17.4. The van der Waals surface area contributed by atoms with E-state index in [4.69, 9.17) is 9.47 Å². The van der Waals surface area contributed by atoms with Gasteiger partial charge in [-0.2, -0.15) is 5.10 Å². The third-order valence-corrected chi connectivity index (χ3v) is 6.61. The van der Waals surface area contributed by atoms with Crippen molar-refractivity contribution in [1.29, 1.82) is 0 Å². The van der Waals surface area contributed by atoms with Crippen LogP contribution in [-0.4, -0.2) is 54.0 Å². The van der Waals surface area contributed by atoms with Crippen molar-refractivity contribution in [2.24, 2.45) is 5.92 Å². The van der Waals surface area contributed by atoms with Crippen molar-refractivity contribution in [3.63, 3.8) is 0 Å². The molecule has 0 unspecified atom stereocenters. The third-order valence-electron chi connectivity index (χ3n) is 6.61. The zero-order chi connectivity index (χ0) is 20.3. The summed E-state index contributed by atoms with van der Waals surface area (Å²) in [6.45, 7) is 3.64. The number of hydrogen-bond acceptors (Lipinski definition) is 5. The van der Waals surface area contributed by atoms with E-state index < -0.39 is 0 Å². The van der Waals surface area contributed by atoms with Crippen LogP contribution >= 0.6 is 0 Å². The molecule has 2 aliphatic heterocycles. The fourth-order valence-corrected chi connectivity index (χ4v) is 4.85. The van der Waals surface area contributed by atoms with Gasteiger partial charge in [0, 0.05) is 44.2 Å². The van der Waals surface area contributed by atoms with Gasteiger partial charge in [0.1, 0.15) is 0 Å². The van der Waals surface area contributed by atoms with Crippen LogP contribution in [0, 0.1) is 5.92 Å². The van der Waals surface area contributed by atoms with Crippen LogP contribution in [0.3, 0.4) is 0 Å². The number of amides is 1. The summed E-state index contributed by atoms with van der Waals surface area (Å²) < 4.78 is 10.9. The first kappa shape index (κ1) is 19.3. The smallest absolute Gasteiger partial charge is 0.231 e. The molecule has 7 heteroatoms. The molecule has 3 aliphatic rings. The van der Waals surface area contributed by atoms with E-state index >= 15 is 0 Å². The second-order valence-electron chi connectivity index (χ2n) is 8.64. The molecule has 7 nitrogen and oxygen atoms in total. The second-order valence-corrected chi connectivity index (χ2v) is 8.64. The molecule has 1 aromatic heterocycles.